The number of H-pyrrole nitrogens is 1. The van der Waals surface area contributed by atoms with Crippen LogP contribution in [0.5, 0.6) is 0 Å². The Labute approximate surface area is 222 Å². The van der Waals surface area contributed by atoms with E-state index in [0.717, 1.165) is 16.5 Å². The number of likely N-dealkylation sites (N-methyl/N-ethyl adjacent to an activating group) is 1. The monoisotopic (exact) mass is 545 g/mol. The average molecular weight is 546 g/mol. The van der Waals surface area contributed by atoms with Crippen LogP contribution in [-0.4, -0.2) is 72.1 Å². The Bertz CT molecular complexity index is 1500. The number of fused-ring (bicyclic) bond motifs is 1. The maximum absolute atomic E-state index is 13.4. The van der Waals surface area contributed by atoms with Gasteiger partial charge in [-0.1, -0.05) is 23.7 Å². The molecular weight excluding hydrogens is 519 g/mol. The molecule has 2 atom stereocenters. The lowest BCUT2D eigenvalue weighted by molar-refractivity contribution is -0.221. The average Bonchev–Trinajstić information content (AvgIpc) is 3.30. The molecule has 7 nitrogen and oxygen atoms in total. The van der Waals surface area contributed by atoms with Crippen molar-refractivity contribution in [1.29, 1.82) is 0 Å². The lowest BCUT2D eigenvalue weighted by Crippen LogP contribution is -2.49. The molecule has 0 saturated carbocycles. The van der Waals surface area contributed by atoms with Crippen LogP contribution in [0.25, 0.3) is 22.2 Å². The molecule has 1 saturated heterocycles. The van der Waals surface area contributed by atoms with Crippen LogP contribution in [0.2, 0.25) is 5.02 Å². The first-order valence-corrected chi connectivity index (χ1v) is 12.5. The third kappa shape index (κ3) is 5.43. The summed E-state index contributed by atoms with van der Waals surface area (Å²) < 4.78 is 46.3. The normalized spacial score (nSPS) is 17.3. The lowest BCUT2D eigenvalue weighted by atomic mass is 10.0. The highest BCUT2D eigenvalue weighted by atomic mass is 35.5. The molecule has 0 spiro atoms. The molecule has 1 N–H and O–H groups in total. The van der Waals surface area contributed by atoms with Gasteiger partial charge < -0.3 is 24.1 Å². The van der Waals surface area contributed by atoms with Crippen molar-refractivity contribution in [2.75, 3.05) is 45.2 Å². The standard InChI is InChI=1S/C27H27ClF3N5O2/c1-34(2)15-23(18-4-3-5-19(28)10-18)36-7-6-17(11-25(36)37)22-14-33-26-21(22)12-20(13-32-26)35-8-9-38-24(16-35)27(29,30)31/h3-7,10-14,23-24H,8-9,15-16H2,1-2H3,(H,32,33)/t23-,24?/m1/s1. The van der Waals surface area contributed by atoms with E-state index >= 15 is 0 Å². The molecule has 38 heavy (non-hydrogen) atoms. The number of aromatic nitrogens is 3. The van der Waals surface area contributed by atoms with E-state index in [1.165, 1.54) is 0 Å². The molecule has 200 valence electrons. The number of aromatic amines is 1. The van der Waals surface area contributed by atoms with Crippen LogP contribution in [0.3, 0.4) is 0 Å². The highest BCUT2D eigenvalue weighted by Gasteiger charge is 2.43. The largest absolute Gasteiger partial charge is 0.416 e. The zero-order valence-electron chi connectivity index (χ0n) is 20.9. The van der Waals surface area contributed by atoms with Crippen LogP contribution >= 0.6 is 11.6 Å². The summed E-state index contributed by atoms with van der Waals surface area (Å²) >= 11 is 6.22. The second-order valence-corrected chi connectivity index (χ2v) is 10.1. The fourth-order valence-corrected chi connectivity index (χ4v) is 5.01. The molecule has 1 aliphatic heterocycles. The first-order chi connectivity index (χ1) is 18.1. The van der Waals surface area contributed by atoms with Crippen molar-refractivity contribution in [2.45, 2.75) is 18.3 Å². The molecular formula is C27H27ClF3N5O2. The maximum atomic E-state index is 13.4. The maximum Gasteiger partial charge on any atom is 0.416 e. The van der Waals surface area contributed by atoms with Gasteiger partial charge in [0.15, 0.2) is 6.10 Å². The molecule has 1 aliphatic rings. The highest BCUT2D eigenvalue weighted by Crippen LogP contribution is 2.32. The van der Waals surface area contributed by atoms with Crippen LogP contribution in [0.1, 0.15) is 11.6 Å². The minimum Gasteiger partial charge on any atom is -0.365 e. The lowest BCUT2D eigenvalue weighted by Gasteiger charge is -2.35. The van der Waals surface area contributed by atoms with Crippen molar-refractivity contribution in [2.24, 2.45) is 0 Å². The fraction of sp³-hybridized carbons (Fsp3) is 0.333. The first kappa shape index (κ1) is 26.3. The second-order valence-electron chi connectivity index (χ2n) is 9.63. The van der Waals surface area contributed by atoms with Crippen molar-refractivity contribution in [1.82, 2.24) is 19.4 Å². The Morgan fingerprint density at radius 1 is 1.24 bits per heavy atom. The Hall–Kier alpha value is -3.34. The molecule has 1 fully saturated rings. The van der Waals surface area contributed by atoms with Crippen LogP contribution in [-0.2, 0) is 4.74 Å². The van der Waals surface area contributed by atoms with Gasteiger partial charge in [-0.05, 0) is 49.5 Å². The smallest absolute Gasteiger partial charge is 0.365 e. The molecule has 1 unspecified atom stereocenters. The van der Waals surface area contributed by atoms with Gasteiger partial charge in [0.05, 0.1) is 31.1 Å². The van der Waals surface area contributed by atoms with E-state index in [1.807, 2.05) is 43.3 Å². The summed E-state index contributed by atoms with van der Waals surface area (Å²) in [6.45, 7) is 0.592. The van der Waals surface area contributed by atoms with Crippen molar-refractivity contribution >= 4 is 28.3 Å². The van der Waals surface area contributed by atoms with Crippen molar-refractivity contribution in [3.8, 4) is 11.1 Å². The number of anilines is 1. The molecule has 11 heteroatoms. The number of hydrogen-bond acceptors (Lipinski definition) is 5. The zero-order chi connectivity index (χ0) is 27.0. The second kappa shape index (κ2) is 10.4. The highest BCUT2D eigenvalue weighted by molar-refractivity contribution is 6.30. The quantitative estimate of drug-likeness (QED) is 0.371. The third-order valence-corrected chi connectivity index (χ3v) is 6.91. The van der Waals surface area contributed by atoms with Gasteiger partial charge in [-0.2, -0.15) is 13.2 Å². The number of benzene rings is 1. The van der Waals surface area contributed by atoms with Crippen LogP contribution in [0.4, 0.5) is 18.9 Å². The summed E-state index contributed by atoms with van der Waals surface area (Å²) in [5.74, 6) is 0. The molecule has 0 bridgehead atoms. The number of ether oxygens (including phenoxy) is 1. The van der Waals surface area contributed by atoms with E-state index in [-0.39, 0.29) is 24.8 Å². The predicted octanol–water partition coefficient (Wildman–Crippen LogP) is 4.96. The number of pyridine rings is 2. The summed E-state index contributed by atoms with van der Waals surface area (Å²) in [5.41, 5.74) is 3.31. The molecule has 3 aromatic heterocycles. The Morgan fingerprint density at radius 2 is 2.05 bits per heavy atom. The van der Waals surface area contributed by atoms with E-state index in [0.29, 0.717) is 35.0 Å². The summed E-state index contributed by atoms with van der Waals surface area (Å²) in [6, 6.07) is 12.4. The zero-order valence-corrected chi connectivity index (χ0v) is 21.6. The number of hydrogen-bond donors (Lipinski definition) is 1. The Balaban J connectivity index is 1.49. The van der Waals surface area contributed by atoms with Gasteiger partial charge >= 0.3 is 6.18 Å². The van der Waals surface area contributed by atoms with Gasteiger partial charge in [-0.15, -0.1) is 0 Å². The van der Waals surface area contributed by atoms with E-state index in [9.17, 15) is 18.0 Å². The first-order valence-electron chi connectivity index (χ1n) is 12.1. The number of halogens is 4. The van der Waals surface area contributed by atoms with Gasteiger partial charge in [-0.25, -0.2) is 4.98 Å². The molecule has 0 aliphatic carbocycles. The van der Waals surface area contributed by atoms with E-state index in [4.69, 9.17) is 16.3 Å². The topological polar surface area (TPSA) is 66.4 Å². The number of alkyl halides is 3. The van der Waals surface area contributed by atoms with E-state index in [1.54, 1.807) is 46.3 Å². The van der Waals surface area contributed by atoms with Crippen LogP contribution < -0.4 is 10.5 Å². The molecule has 4 heterocycles. The Morgan fingerprint density at radius 3 is 2.76 bits per heavy atom. The molecule has 0 radical (unpaired) electrons. The minimum atomic E-state index is -4.44. The number of nitrogens with one attached hydrogen (secondary N) is 1. The Kier molecular flexibility index (Phi) is 7.21. The third-order valence-electron chi connectivity index (χ3n) is 6.68. The summed E-state index contributed by atoms with van der Waals surface area (Å²) in [7, 11) is 3.89. The number of nitrogens with zero attached hydrogens (tertiary/aromatic N) is 4. The predicted molar refractivity (Wildman–Crippen MR) is 142 cm³/mol. The molecule has 5 rings (SSSR count). The van der Waals surface area contributed by atoms with Crippen LogP contribution in [0.15, 0.2) is 65.8 Å². The van der Waals surface area contributed by atoms with Gasteiger partial charge in [0.25, 0.3) is 5.56 Å². The van der Waals surface area contributed by atoms with E-state index < -0.39 is 12.3 Å². The van der Waals surface area contributed by atoms with Gasteiger partial charge in [-0.3, -0.25) is 4.79 Å². The van der Waals surface area contributed by atoms with Crippen molar-refractivity contribution in [3.63, 3.8) is 0 Å². The van der Waals surface area contributed by atoms with Gasteiger partial charge in [0.1, 0.15) is 5.65 Å². The van der Waals surface area contributed by atoms with Crippen LogP contribution in [0, 0.1) is 0 Å². The molecule has 0 amide bonds. The van der Waals surface area contributed by atoms with Gasteiger partial charge in [0.2, 0.25) is 0 Å². The van der Waals surface area contributed by atoms with Crippen molar-refractivity contribution in [3.05, 3.63) is 82.0 Å². The number of rotatable bonds is 6. The van der Waals surface area contributed by atoms with Gasteiger partial charge in [0, 0.05) is 47.5 Å². The molecule has 1 aromatic carbocycles. The van der Waals surface area contributed by atoms with Crippen molar-refractivity contribution < 1.29 is 17.9 Å². The molecule has 4 aromatic rings. The van der Waals surface area contributed by atoms with E-state index in [2.05, 4.69) is 9.97 Å². The minimum absolute atomic E-state index is 0.0266. The summed E-state index contributed by atoms with van der Waals surface area (Å²) in [4.78, 5) is 24.5. The summed E-state index contributed by atoms with van der Waals surface area (Å²) in [6.07, 6.45) is -1.21. The summed E-state index contributed by atoms with van der Waals surface area (Å²) in [5, 5.41) is 1.31. The SMILES string of the molecule is CN(C)C[C@H](c1cccc(Cl)c1)n1ccc(-c2c[nH]c3ncc(N4CCOC(C(F)(F)F)C4)cc23)cc1=O. The fourth-order valence-electron chi connectivity index (χ4n) is 4.81. The number of morpholine rings is 1.